The van der Waals surface area contributed by atoms with Crippen LogP contribution >= 0.6 is 11.8 Å². The highest BCUT2D eigenvalue weighted by atomic mass is 32.2. The van der Waals surface area contributed by atoms with E-state index in [1.807, 2.05) is 13.8 Å². The summed E-state index contributed by atoms with van der Waals surface area (Å²) in [4.78, 5) is 21.6. The third-order valence-electron chi connectivity index (χ3n) is 1.58. The second-order valence-electron chi connectivity index (χ2n) is 3.40. The molecule has 0 fully saturated rings. The Kier molecular flexibility index (Phi) is 5.79. The van der Waals surface area contributed by atoms with Gasteiger partial charge < -0.3 is 5.11 Å². The summed E-state index contributed by atoms with van der Waals surface area (Å²) in [6.45, 7) is 5.61. The number of rotatable bonds is 5. The Morgan fingerprint density at radius 1 is 1.31 bits per heavy atom. The maximum Gasteiger partial charge on any atom is 0.316 e. The monoisotopic (exact) mass is 204 g/mol. The summed E-state index contributed by atoms with van der Waals surface area (Å²) in [6.07, 6.45) is 1.30. The van der Waals surface area contributed by atoms with Gasteiger partial charge in [-0.3, -0.25) is 9.59 Å². The highest BCUT2D eigenvalue weighted by Gasteiger charge is 2.16. The average Bonchev–Trinajstić information content (AvgIpc) is 2.00. The minimum Gasteiger partial charge on any atom is -0.480 e. The third-order valence-corrected chi connectivity index (χ3v) is 2.60. The van der Waals surface area contributed by atoms with E-state index in [0.29, 0.717) is 12.3 Å². The van der Waals surface area contributed by atoms with Crippen molar-refractivity contribution in [3.8, 4) is 0 Å². The van der Waals surface area contributed by atoms with E-state index < -0.39 is 11.2 Å². The lowest BCUT2D eigenvalue weighted by molar-refractivity contribution is -0.136. The van der Waals surface area contributed by atoms with Gasteiger partial charge in [-0.25, -0.2) is 0 Å². The number of hydrogen-bond acceptors (Lipinski definition) is 3. The van der Waals surface area contributed by atoms with E-state index in [0.717, 1.165) is 18.2 Å². The molecule has 0 aromatic carbocycles. The highest BCUT2D eigenvalue weighted by molar-refractivity contribution is 8.14. The lowest BCUT2D eigenvalue weighted by Gasteiger charge is -2.05. The third kappa shape index (κ3) is 6.63. The molecule has 0 rings (SSSR count). The Bertz CT molecular complexity index is 189. The standard InChI is InChI=1S/C9H16O3S/c1-6(2)4-5-8(10)13-7(3)9(11)12/h6-7H,4-5H2,1-3H3,(H,11,12). The Morgan fingerprint density at radius 2 is 1.85 bits per heavy atom. The molecule has 1 N–H and O–H groups in total. The largest absolute Gasteiger partial charge is 0.480 e. The zero-order valence-electron chi connectivity index (χ0n) is 8.24. The van der Waals surface area contributed by atoms with Crippen molar-refractivity contribution in [3.63, 3.8) is 0 Å². The first-order chi connectivity index (χ1) is 5.93. The highest BCUT2D eigenvalue weighted by Crippen LogP contribution is 2.16. The number of aliphatic carboxylic acids is 1. The molecule has 0 saturated heterocycles. The van der Waals surface area contributed by atoms with E-state index in [4.69, 9.17) is 5.11 Å². The first-order valence-corrected chi connectivity index (χ1v) is 5.23. The van der Waals surface area contributed by atoms with Crippen LogP contribution in [0.25, 0.3) is 0 Å². The summed E-state index contributed by atoms with van der Waals surface area (Å²) in [6, 6.07) is 0. The molecule has 0 heterocycles. The van der Waals surface area contributed by atoms with Gasteiger partial charge in [0, 0.05) is 6.42 Å². The van der Waals surface area contributed by atoms with E-state index in [1.165, 1.54) is 6.92 Å². The van der Waals surface area contributed by atoms with Crippen LogP contribution in [0, 0.1) is 5.92 Å². The summed E-state index contributed by atoms with van der Waals surface area (Å²) in [5.74, 6) is -0.437. The average molecular weight is 204 g/mol. The number of carboxylic acid groups (broad SMARTS) is 1. The zero-order valence-corrected chi connectivity index (χ0v) is 9.06. The van der Waals surface area contributed by atoms with Gasteiger partial charge in [-0.1, -0.05) is 25.6 Å². The Morgan fingerprint density at radius 3 is 2.23 bits per heavy atom. The van der Waals surface area contributed by atoms with E-state index in [1.54, 1.807) is 0 Å². The van der Waals surface area contributed by atoms with Gasteiger partial charge in [0.15, 0.2) is 5.12 Å². The SMILES string of the molecule is CC(C)CCC(=O)SC(C)C(=O)O. The Hall–Kier alpha value is -0.510. The van der Waals surface area contributed by atoms with Crippen LogP contribution in [0.5, 0.6) is 0 Å². The molecule has 76 valence electrons. The fraction of sp³-hybridized carbons (Fsp3) is 0.778. The quantitative estimate of drug-likeness (QED) is 0.745. The van der Waals surface area contributed by atoms with Gasteiger partial charge in [-0.2, -0.15) is 0 Å². The first kappa shape index (κ1) is 12.5. The molecule has 0 saturated carbocycles. The number of carbonyl (C=O) groups excluding carboxylic acids is 1. The molecule has 13 heavy (non-hydrogen) atoms. The molecule has 0 aliphatic rings. The van der Waals surface area contributed by atoms with Gasteiger partial charge >= 0.3 is 5.97 Å². The second-order valence-corrected chi connectivity index (χ2v) is 4.80. The van der Waals surface area contributed by atoms with Gasteiger partial charge in [0.05, 0.1) is 0 Å². The van der Waals surface area contributed by atoms with Gasteiger partial charge in [-0.05, 0) is 19.3 Å². The van der Waals surface area contributed by atoms with Crippen LogP contribution in [-0.2, 0) is 9.59 Å². The maximum absolute atomic E-state index is 11.2. The van der Waals surface area contributed by atoms with Crippen LogP contribution in [0.2, 0.25) is 0 Å². The van der Waals surface area contributed by atoms with Crippen LogP contribution in [0.15, 0.2) is 0 Å². The van der Waals surface area contributed by atoms with E-state index >= 15 is 0 Å². The minimum absolute atomic E-state index is 0.0244. The number of carboxylic acids is 1. The smallest absolute Gasteiger partial charge is 0.316 e. The molecule has 0 aromatic heterocycles. The first-order valence-electron chi connectivity index (χ1n) is 4.35. The summed E-state index contributed by atoms with van der Waals surface area (Å²) in [5, 5.41) is 7.89. The molecule has 0 aliphatic heterocycles. The topological polar surface area (TPSA) is 54.4 Å². The molecule has 0 aliphatic carbocycles. The predicted molar refractivity (Wildman–Crippen MR) is 53.8 cm³/mol. The molecule has 1 unspecified atom stereocenters. The fourth-order valence-corrected chi connectivity index (χ4v) is 1.44. The number of carbonyl (C=O) groups is 2. The lowest BCUT2D eigenvalue weighted by Crippen LogP contribution is -2.14. The molecule has 4 heteroatoms. The molecular weight excluding hydrogens is 188 g/mol. The summed E-state index contributed by atoms with van der Waals surface area (Å²) >= 11 is 0.911. The van der Waals surface area contributed by atoms with Gasteiger partial charge in [0.25, 0.3) is 0 Å². The molecule has 0 aromatic rings. The molecule has 0 bridgehead atoms. The van der Waals surface area contributed by atoms with Gasteiger partial charge in [-0.15, -0.1) is 0 Å². The van der Waals surface area contributed by atoms with Crippen LogP contribution in [0.3, 0.4) is 0 Å². The van der Waals surface area contributed by atoms with Crippen molar-refractivity contribution >= 4 is 22.8 Å². The summed E-state index contributed by atoms with van der Waals surface area (Å²) in [5.41, 5.74) is 0. The van der Waals surface area contributed by atoms with Crippen molar-refractivity contribution in [2.45, 2.75) is 38.9 Å². The predicted octanol–water partition coefficient (Wildman–Crippen LogP) is 2.16. The zero-order chi connectivity index (χ0) is 10.4. The van der Waals surface area contributed by atoms with Crippen LogP contribution < -0.4 is 0 Å². The van der Waals surface area contributed by atoms with E-state index in [-0.39, 0.29) is 5.12 Å². The van der Waals surface area contributed by atoms with Crippen molar-refractivity contribution in [2.75, 3.05) is 0 Å². The second kappa shape index (κ2) is 6.02. The van der Waals surface area contributed by atoms with Crippen LogP contribution in [-0.4, -0.2) is 21.4 Å². The van der Waals surface area contributed by atoms with Gasteiger partial charge in [0.1, 0.15) is 5.25 Å². The molecule has 0 amide bonds. The molecular formula is C9H16O3S. The van der Waals surface area contributed by atoms with Crippen LogP contribution in [0.4, 0.5) is 0 Å². The molecule has 3 nitrogen and oxygen atoms in total. The van der Waals surface area contributed by atoms with Crippen molar-refractivity contribution < 1.29 is 14.7 Å². The fourth-order valence-electron chi connectivity index (χ4n) is 0.713. The Balaban J connectivity index is 3.68. The maximum atomic E-state index is 11.2. The number of thioether (sulfide) groups is 1. The molecule has 1 atom stereocenters. The number of hydrogen-bond donors (Lipinski definition) is 1. The summed E-state index contributed by atoms with van der Waals surface area (Å²) in [7, 11) is 0. The molecule has 0 spiro atoms. The van der Waals surface area contributed by atoms with Crippen molar-refractivity contribution in [2.24, 2.45) is 5.92 Å². The van der Waals surface area contributed by atoms with E-state index in [9.17, 15) is 9.59 Å². The molecule has 0 radical (unpaired) electrons. The van der Waals surface area contributed by atoms with Crippen molar-refractivity contribution in [1.29, 1.82) is 0 Å². The Labute approximate surface area is 82.9 Å². The van der Waals surface area contributed by atoms with Crippen molar-refractivity contribution in [1.82, 2.24) is 0 Å². The van der Waals surface area contributed by atoms with Gasteiger partial charge in [0.2, 0.25) is 0 Å². The minimum atomic E-state index is -0.928. The summed E-state index contributed by atoms with van der Waals surface area (Å²) < 4.78 is 0. The van der Waals surface area contributed by atoms with Crippen molar-refractivity contribution in [3.05, 3.63) is 0 Å². The van der Waals surface area contributed by atoms with E-state index in [2.05, 4.69) is 0 Å². The van der Waals surface area contributed by atoms with Crippen LogP contribution in [0.1, 0.15) is 33.6 Å². The lowest BCUT2D eigenvalue weighted by atomic mass is 10.1. The normalized spacial score (nSPS) is 12.9.